The zero-order valence-corrected chi connectivity index (χ0v) is 11.4. The van der Waals surface area contributed by atoms with Crippen LogP contribution in [0.25, 0.3) is 5.57 Å². The molecular formula is C14H19F2NO2. The molecule has 0 spiro atoms. The Morgan fingerprint density at radius 3 is 2.68 bits per heavy atom. The molecule has 0 aliphatic heterocycles. The Kier molecular flexibility index (Phi) is 5.89. The fourth-order valence-electron chi connectivity index (χ4n) is 1.66. The van der Waals surface area contributed by atoms with Gasteiger partial charge in [0.25, 0.3) is 0 Å². The molecule has 0 bridgehead atoms. The van der Waals surface area contributed by atoms with Crippen molar-refractivity contribution in [3.05, 3.63) is 35.6 Å². The SMILES string of the molecule is C/C=C(\C=C/CC(F)F)c1nc(C(C)CO)c(C)o1. The second-order valence-electron chi connectivity index (χ2n) is 4.32. The molecule has 1 aromatic rings. The van der Waals surface area contributed by atoms with Crippen LogP contribution < -0.4 is 0 Å². The summed E-state index contributed by atoms with van der Waals surface area (Å²) in [6.45, 7) is 5.39. The van der Waals surface area contributed by atoms with E-state index in [2.05, 4.69) is 4.98 Å². The third-order valence-corrected chi connectivity index (χ3v) is 2.74. The Labute approximate surface area is 111 Å². The van der Waals surface area contributed by atoms with Gasteiger partial charge in [0.15, 0.2) is 0 Å². The van der Waals surface area contributed by atoms with Gasteiger partial charge in [-0.1, -0.05) is 25.2 Å². The Bertz CT molecular complexity index is 464. The molecule has 5 heteroatoms. The fourth-order valence-corrected chi connectivity index (χ4v) is 1.66. The van der Waals surface area contributed by atoms with Crippen molar-refractivity contribution in [3.63, 3.8) is 0 Å². The third kappa shape index (κ3) is 4.28. The van der Waals surface area contributed by atoms with Gasteiger partial charge in [0.05, 0.1) is 12.3 Å². The minimum absolute atomic E-state index is 0.0147. The summed E-state index contributed by atoms with van der Waals surface area (Å²) in [7, 11) is 0. The summed E-state index contributed by atoms with van der Waals surface area (Å²) in [6.07, 6.45) is 2.07. The highest BCUT2D eigenvalue weighted by Gasteiger charge is 2.16. The van der Waals surface area contributed by atoms with Gasteiger partial charge in [-0.25, -0.2) is 13.8 Å². The second kappa shape index (κ2) is 7.19. The zero-order valence-electron chi connectivity index (χ0n) is 11.4. The Morgan fingerprint density at radius 1 is 1.47 bits per heavy atom. The van der Waals surface area contributed by atoms with Gasteiger partial charge in [-0.2, -0.15) is 0 Å². The number of hydrogen-bond donors (Lipinski definition) is 1. The standard InChI is InChI=1S/C14H19F2NO2/c1-4-11(6-5-7-12(15)16)14-17-13(9(2)8-18)10(3)19-14/h4-6,9,12,18H,7-8H2,1-3H3/b6-5-,11-4+. The minimum Gasteiger partial charge on any atom is -0.441 e. The van der Waals surface area contributed by atoms with Gasteiger partial charge in [0, 0.05) is 17.9 Å². The monoisotopic (exact) mass is 271 g/mol. The van der Waals surface area contributed by atoms with Crippen LogP contribution in [0.3, 0.4) is 0 Å². The highest BCUT2D eigenvalue weighted by molar-refractivity contribution is 5.68. The van der Waals surface area contributed by atoms with Gasteiger partial charge in [-0.05, 0) is 13.8 Å². The lowest BCUT2D eigenvalue weighted by molar-refractivity contribution is 0.152. The molecule has 0 aliphatic rings. The van der Waals surface area contributed by atoms with Gasteiger partial charge < -0.3 is 9.52 Å². The van der Waals surface area contributed by atoms with E-state index in [9.17, 15) is 8.78 Å². The summed E-state index contributed by atoms with van der Waals surface area (Å²) in [6, 6.07) is 0. The van der Waals surface area contributed by atoms with Gasteiger partial charge in [0.1, 0.15) is 5.76 Å². The first-order valence-corrected chi connectivity index (χ1v) is 6.19. The number of hydrogen-bond acceptors (Lipinski definition) is 3. The summed E-state index contributed by atoms with van der Waals surface area (Å²) in [4.78, 5) is 4.32. The van der Waals surface area contributed by atoms with Crippen LogP contribution in [0, 0.1) is 6.92 Å². The van der Waals surface area contributed by atoms with Crippen molar-refractivity contribution in [1.29, 1.82) is 0 Å². The van der Waals surface area contributed by atoms with E-state index in [4.69, 9.17) is 9.52 Å². The van der Waals surface area contributed by atoms with E-state index in [-0.39, 0.29) is 18.9 Å². The number of aromatic nitrogens is 1. The van der Waals surface area contributed by atoms with Crippen molar-refractivity contribution in [2.45, 2.75) is 39.5 Å². The van der Waals surface area contributed by atoms with E-state index >= 15 is 0 Å². The van der Waals surface area contributed by atoms with Gasteiger partial charge in [-0.3, -0.25) is 0 Å². The van der Waals surface area contributed by atoms with Crippen LogP contribution in [-0.4, -0.2) is 23.1 Å². The highest BCUT2D eigenvalue weighted by Crippen LogP contribution is 2.24. The number of allylic oxidation sites excluding steroid dienone is 4. The second-order valence-corrected chi connectivity index (χ2v) is 4.32. The van der Waals surface area contributed by atoms with Gasteiger partial charge >= 0.3 is 0 Å². The molecule has 0 fully saturated rings. The normalized spacial score (nSPS) is 14.6. The van der Waals surface area contributed by atoms with Crippen LogP contribution in [0.15, 0.2) is 22.6 Å². The first-order chi connectivity index (χ1) is 8.99. The van der Waals surface area contributed by atoms with Crippen LogP contribution in [0.5, 0.6) is 0 Å². The lowest BCUT2D eigenvalue weighted by atomic mass is 10.1. The van der Waals surface area contributed by atoms with Gasteiger partial charge in [-0.15, -0.1) is 0 Å². The molecule has 1 unspecified atom stereocenters. The first kappa shape index (κ1) is 15.6. The van der Waals surface area contributed by atoms with Crippen LogP contribution >= 0.6 is 0 Å². The van der Waals surface area contributed by atoms with Crippen LogP contribution in [-0.2, 0) is 0 Å². The maximum absolute atomic E-state index is 12.1. The van der Waals surface area contributed by atoms with E-state index < -0.39 is 6.43 Å². The molecule has 1 heterocycles. The molecule has 0 saturated heterocycles. The quantitative estimate of drug-likeness (QED) is 0.802. The van der Waals surface area contributed by atoms with E-state index in [1.807, 2.05) is 6.92 Å². The van der Waals surface area contributed by atoms with E-state index in [0.717, 1.165) is 0 Å². The predicted molar refractivity (Wildman–Crippen MR) is 70.2 cm³/mol. The fraction of sp³-hybridized carbons (Fsp3) is 0.500. The number of oxazole rings is 1. The highest BCUT2D eigenvalue weighted by atomic mass is 19.3. The summed E-state index contributed by atoms with van der Waals surface area (Å²) in [5.74, 6) is 0.916. The first-order valence-electron chi connectivity index (χ1n) is 6.19. The molecule has 3 nitrogen and oxygen atoms in total. The molecule has 1 atom stereocenters. The number of aliphatic hydroxyl groups is 1. The lowest BCUT2D eigenvalue weighted by Gasteiger charge is -2.02. The molecule has 19 heavy (non-hydrogen) atoms. The lowest BCUT2D eigenvalue weighted by Crippen LogP contribution is -2.01. The van der Waals surface area contributed by atoms with Crippen molar-refractivity contribution >= 4 is 5.57 Å². The van der Waals surface area contributed by atoms with Crippen molar-refractivity contribution in [2.75, 3.05) is 6.61 Å². The third-order valence-electron chi connectivity index (χ3n) is 2.74. The molecule has 0 aromatic carbocycles. The maximum Gasteiger partial charge on any atom is 0.242 e. The van der Waals surface area contributed by atoms with E-state index in [1.165, 1.54) is 6.08 Å². The van der Waals surface area contributed by atoms with E-state index in [0.29, 0.717) is 22.9 Å². The molecule has 1 aromatic heterocycles. The van der Waals surface area contributed by atoms with Crippen LogP contribution in [0.4, 0.5) is 8.78 Å². The molecule has 1 rings (SSSR count). The van der Waals surface area contributed by atoms with Crippen LogP contribution in [0.1, 0.15) is 43.5 Å². The summed E-state index contributed by atoms with van der Waals surface area (Å²) >= 11 is 0. The molecule has 0 amide bonds. The summed E-state index contributed by atoms with van der Waals surface area (Å²) in [5.41, 5.74) is 1.35. The summed E-state index contributed by atoms with van der Waals surface area (Å²) < 4.78 is 29.7. The molecule has 0 radical (unpaired) electrons. The number of aryl methyl sites for hydroxylation is 1. The van der Waals surface area contributed by atoms with Crippen molar-refractivity contribution in [3.8, 4) is 0 Å². The number of nitrogens with zero attached hydrogens (tertiary/aromatic N) is 1. The molecule has 1 N–H and O–H groups in total. The van der Waals surface area contributed by atoms with Crippen LogP contribution in [0.2, 0.25) is 0 Å². The molecule has 0 aliphatic carbocycles. The number of halogens is 2. The zero-order chi connectivity index (χ0) is 14.4. The number of aliphatic hydroxyl groups excluding tert-OH is 1. The van der Waals surface area contributed by atoms with Crippen molar-refractivity contribution in [2.24, 2.45) is 0 Å². The average molecular weight is 271 g/mol. The summed E-state index contributed by atoms with van der Waals surface area (Å²) in [5, 5.41) is 9.13. The smallest absolute Gasteiger partial charge is 0.242 e. The van der Waals surface area contributed by atoms with E-state index in [1.54, 1.807) is 26.0 Å². The minimum atomic E-state index is -2.36. The molecule has 106 valence electrons. The molecular weight excluding hydrogens is 252 g/mol. The molecule has 0 saturated carbocycles. The maximum atomic E-state index is 12.1. The predicted octanol–water partition coefficient (Wildman–Crippen LogP) is 3.69. The largest absolute Gasteiger partial charge is 0.441 e. The Balaban J connectivity index is 2.92. The van der Waals surface area contributed by atoms with Gasteiger partial charge in [0.2, 0.25) is 12.3 Å². The van der Waals surface area contributed by atoms with Crippen molar-refractivity contribution < 1.29 is 18.3 Å². The van der Waals surface area contributed by atoms with Crippen molar-refractivity contribution in [1.82, 2.24) is 4.98 Å². The topological polar surface area (TPSA) is 46.3 Å². The number of rotatable bonds is 6. The Morgan fingerprint density at radius 2 is 2.16 bits per heavy atom. The average Bonchev–Trinajstić information content (AvgIpc) is 2.75. The number of alkyl halides is 2. The Hall–Kier alpha value is -1.49.